The summed E-state index contributed by atoms with van der Waals surface area (Å²) < 4.78 is 0. The van der Waals surface area contributed by atoms with E-state index in [9.17, 15) is 9.90 Å². The highest BCUT2D eigenvalue weighted by Crippen LogP contribution is 2.41. The fourth-order valence-corrected chi connectivity index (χ4v) is 4.77. The summed E-state index contributed by atoms with van der Waals surface area (Å²) in [6.07, 6.45) is 6.46. The molecular formula is C15H22N2O2S. The van der Waals surface area contributed by atoms with Gasteiger partial charge in [-0.1, -0.05) is 38.0 Å². The minimum absolute atomic E-state index is 0.163. The number of anilines is 1. The molecule has 20 heavy (non-hydrogen) atoms. The Bertz CT molecular complexity index is 512. The van der Waals surface area contributed by atoms with Crippen molar-refractivity contribution < 1.29 is 9.90 Å². The molecule has 3 rings (SSSR count). The average Bonchev–Trinajstić information content (AvgIpc) is 3.02. The van der Waals surface area contributed by atoms with E-state index in [2.05, 4.69) is 9.88 Å². The molecule has 2 heterocycles. The molecule has 110 valence electrons. The van der Waals surface area contributed by atoms with Crippen LogP contribution in [0.15, 0.2) is 0 Å². The molecule has 1 aromatic rings. The van der Waals surface area contributed by atoms with Gasteiger partial charge in [0, 0.05) is 12.6 Å². The van der Waals surface area contributed by atoms with Gasteiger partial charge < -0.3 is 10.0 Å². The van der Waals surface area contributed by atoms with Gasteiger partial charge in [-0.3, -0.25) is 0 Å². The molecule has 1 saturated carbocycles. The molecular weight excluding hydrogens is 272 g/mol. The van der Waals surface area contributed by atoms with Crippen LogP contribution >= 0.6 is 11.3 Å². The van der Waals surface area contributed by atoms with Gasteiger partial charge in [0.05, 0.1) is 5.69 Å². The average molecular weight is 294 g/mol. The molecule has 2 aliphatic rings. The SMILES string of the molecule is CC(C)c1nc(N2CCC3CCCCC32)sc1C(=O)O. The Balaban J connectivity index is 1.90. The van der Waals surface area contributed by atoms with E-state index in [1.807, 2.05) is 13.8 Å². The van der Waals surface area contributed by atoms with E-state index >= 15 is 0 Å². The van der Waals surface area contributed by atoms with Gasteiger partial charge >= 0.3 is 5.97 Å². The standard InChI is InChI=1S/C15H22N2O2S/c1-9(2)12-13(14(18)19)20-15(16-12)17-8-7-10-5-3-4-6-11(10)17/h9-11H,3-8H2,1-2H3,(H,18,19). The number of thiazole rings is 1. The van der Waals surface area contributed by atoms with Crippen LogP contribution in [0, 0.1) is 5.92 Å². The zero-order valence-electron chi connectivity index (χ0n) is 12.1. The van der Waals surface area contributed by atoms with Crippen molar-refractivity contribution in [3.63, 3.8) is 0 Å². The van der Waals surface area contributed by atoms with Crippen molar-refractivity contribution >= 4 is 22.4 Å². The molecule has 5 heteroatoms. The van der Waals surface area contributed by atoms with Gasteiger partial charge in [-0.2, -0.15) is 0 Å². The van der Waals surface area contributed by atoms with Crippen molar-refractivity contribution in [1.29, 1.82) is 0 Å². The Hall–Kier alpha value is -1.10. The van der Waals surface area contributed by atoms with Gasteiger partial charge in [0.25, 0.3) is 0 Å². The monoisotopic (exact) mass is 294 g/mol. The molecule has 1 aliphatic heterocycles. The highest BCUT2D eigenvalue weighted by molar-refractivity contribution is 7.17. The highest BCUT2D eigenvalue weighted by atomic mass is 32.1. The Labute approximate surface area is 123 Å². The van der Waals surface area contributed by atoms with Crippen molar-refractivity contribution in [2.45, 2.75) is 57.9 Å². The van der Waals surface area contributed by atoms with E-state index in [1.165, 1.54) is 43.4 Å². The van der Waals surface area contributed by atoms with Gasteiger partial charge in [-0.25, -0.2) is 9.78 Å². The second-order valence-corrected chi connectivity index (χ2v) is 7.24. The van der Waals surface area contributed by atoms with E-state index in [-0.39, 0.29) is 5.92 Å². The van der Waals surface area contributed by atoms with Crippen LogP contribution in [0.2, 0.25) is 0 Å². The fourth-order valence-electron chi connectivity index (χ4n) is 3.63. The Kier molecular flexibility index (Phi) is 3.71. The van der Waals surface area contributed by atoms with Crippen molar-refractivity contribution in [1.82, 2.24) is 4.98 Å². The van der Waals surface area contributed by atoms with Crippen LogP contribution in [0.4, 0.5) is 5.13 Å². The first kappa shape index (κ1) is 13.9. The number of aromatic nitrogens is 1. The zero-order valence-corrected chi connectivity index (χ0v) is 12.9. The molecule has 2 fully saturated rings. The summed E-state index contributed by atoms with van der Waals surface area (Å²) in [7, 11) is 0. The number of carboxylic acids is 1. The van der Waals surface area contributed by atoms with Crippen LogP contribution in [0.5, 0.6) is 0 Å². The first-order valence-corrected chi connectivity index (χ1v) is 8.40. The maximum Gasteiger partial charge on any atom is 0.347 e. The van der Waals surface area contributed by atoms with Crippen molar-refractivity contribution in [2.75, 3.05) is 11.4 Å². The maximum atomic E-state index is 11.4. The van der Waals surface area contributed by atoms with Crippen LogP contribution in [-0.2, 0) is 0 Å². The van der Waals surface area contributed by atoms with E-state index in [4.69, 9.17) is 0 Å². The summed E-state index contributed by atoms with van der Waals surface area (Å²) >= 11 is 1.36. The van der Waals surface area contributed by atoms with E-state index in [1.54, 1.807) is 0 Å². The van der Waals surface area contributed by atoms with E-state index < -0.39 is 5.97 Å². The minimum Gasteiger partial charge on any atom is -0.477 e. The van der Waals surface area contributed by atoms with Gasteiger partial charge in [-0.05, 0) is 31.1 Å². The van der Waals surface area contributed by atoms with Crippen LogP contribution in [0.3, 0.4) is 0 Å². The number of hydrogen-bond acceptors (Lipinski definition) is 4. The van der Waals surface area contributed by atoms with Gasteiger partial charge in [0.15, 0.2) is 5.13 Å². The minimum atomic E-state index is -0.836. The molecule has 0 aromatic carbocycles. The molecule has 0 amide bonds. The first-order chi connectivity index (χ1) is 9.58. The summed E-state index contributed by atoms with van der Waals surface area (Å²) in [6.45, 7) is 5.07. The summed E-state index contributed by atoms with van der Waals surface area (Å²) in [6, 6.07) is 0.594. The summed E-state index contributed by atoms with van der Waals surface area (Å²) in [5.74, 6) is 0.121. The lowest BCUT2D eigenvalue weighted by Crippen LogP contribution is -2.34. The number of hydrogen-bond donors (Lipinski definition) is 1. The van der Waals surface area contributed by atoms with Gasteiger partial charge in [0.1, 0.15) is 4.88 Å². The normalized spacial score (nSPS) is 26.1. The zero-order chi connectivity index (χ0) is 14.3. The predicted molar refractivity (Wildman–Crippen MR) is 80.9 cm³/mol. The molecule has 0 bridgehead atoms. The Morgan fingerprint density at radius 3 is 2.75 bits per heavy atom. The maximum absolute atomic E-state index is 11.4. The second-order valence-electron chi connectivity index (χ2n) is 6.26. The third-order valence-corrected chi connectivity index (χ3v) is 5.74. The molecule has 0 radical (unpaired) electrons. The first-order valence-electron chi connectivity index (χ1n) is 7.58. The molecule has 4 nitrogen and oxygen atoms in total. The largest absolute Gasteiger partial charge is 0.477 e. The lowest BCUT2D eigenvalue weighted by atomic mass is 9.85. The summed E-state index contributed by atoms with van der Waals surface area (Å²) in [5, 5.41) is 10.3. The topological polar surface area (TPSA) is 53.4 Å². The van der Waals surface area contributed by atoms with E-state index in [0.717, 1.165) is 23.3 Å². The Morgan fingerprint density at radius 2 is 2.10 bits per heavy atom. The molecule has 1 N–H and O–H groups in total. The number of aromatic carboxylic acids is 1. The van der Waals surface area contributed by atoms with Crippen molar-refractivity contribution in [3.8, 4) is 0 Å². The van der Waals surface area contributed by atoms with E-state index in [0.29, 0.717) is 10.9 Å². The van der Waals surface area contributed by atoms with Crippen molar-refractivity contribution in [2.24, 2.45) is 5.92 Å². The van der Waals surface area contributed by atoms with Crippen LogP contribution in [0.1, 0.15) is 67.2 Å². The Morgan fingerprint density at radius 1 is 1.35 bits per heavy atom. The molecule has 2 atom stereocenters. The van der Waals surface area contributed by atoms with Gasteiger partial charge in [0.2, 0.25) is 0 Å². The summed E-state index contributed by atoms with van der Waals surface area (Å²) in [5.41, 5.74) is 0.747. The third-order valence-electron chi connectivity index (χ3n) is 4.64. The molecule has 1 aromatic heterocycles. The van der Waals surface area contributed by atoms with Crippen LogP contribution in [0.25, 0.3) is 0 Å². The number of nitrogens with zero attached hydrogens (tertiary/aromatic N) is 2. The number of carboxylic acid groups (broad SMARTS) is 1. The third kappa shape index (κ3) is 2.32. The molecule has 1 saturated heterocycles. The molecule has 1 aliphatic carbocycles. The lowest BCUT2D eigenvalue weighted by molar-refractivity contribution is 0.0700. The van der Waals surface area contributed by atoms with Gasteiger partial charge in [-0.15, -0.1) is 0 Å². The number of carbonyl (C=O) groups is 1. The fraction of sp³-hybridized carbons (Fsp3) is 0.733. The highest BCUT2D eigenvalue weighted by Gasteiger charge is 2.37. The smallest absolute Gasteiger partial charge is 0.347 e. The van der Waals surface area contributed by atoms with Crippen LogP contribution in [-0.4, -0.2) is 28.6 Å². The van der Waals surface area contributed by atoms with Crippen LogP contribution < -0.4 is 4.90 Å². The second kappa shape index (κ2) is 5.35. The lowest BCUT2D eigenvalue weighted by Gasteiger charge is -2.31. The molecule has 2 unspecified atom stereocenters. The molecule has 0 spiro atoms. The predicted octanol–water partition coefficient (Wildman–Crippen LogP) is 3.73. The number of fused-ring (bicyclic) bond motifs is 1. The number of rotatable bonds is 3. The quantitative estimate of drug-likeness (QED) is 0.923. The van der Waals surface area contributed by atoms with Crippen molar-refractivity contribution in [3.05, 3.63) is 10.6 Å². The summed E-state index contributed by atoms with van der Waals surface area (Å²) in [4.78, 5) is 18.9.